The molecule has 0 heterocycles. The van der Waals surface area contributed by atoms with Gasteiger partial charge in [0.25, 0.3) is 0 Å². The summed E-state index contributed by atoms with van der Waals surface area (Å²) >= 11 is 0. The number of benzene rings is 2. The number of ketones is 1. The first-order valence-electron chi connectivity index (χ1n) is 6.61. The van der Waals surface area contributed by atoms with Gasteiger partial charge in [0.05, 0.1) is 0 Å². The lowest BCUT2D eigenvalue weighted by Gasteiger charge is -2.10. The molecule has 20 heavy (non-hydrogen) atoms. The van der Waals surface area contributed by atoms with Gasteiger partial charge in [-0.25, -0.2) is 4.39 Å². The maximum absolute atomic E-state index is 12.8. The molecule has 0 saturated heterocycles. The van der Waals surface area contributed by atoms with Gasteiger partial charge < -0.3 is 4.74 Å². The third-order valence-electron chi connectivity index (χ3n) is 3.16. The highest BCUT2D eigenvalue weighted by atomic mass is 19.1. The van der Waals surface area contributed by atoms with Crippen LogP contribution in [0.5, 0.6) is 5.75 Å². The highest BCUT2D eigenvalue weighted by Gasteiger charge is 2.07. The molecule has 0 fully saturated rings. The van der Waals surface area contributed by atoms with Gasteiger partial charge in [0.15, 0.2) is 5.78 Å². The minimum absolute atomic E-state index is 0.0620. The van der Waals surface area contributed by atoms with Crippen molar-refractivity contribution >= 4 is 5.78 Å². The molecule has 2 aromatic carbocycles. The van der Waals surface area contributed by atoms with Crippen LogP contribution in [0.1, 0.15) is 35.3 Å². The van der Waals surface area contributed by atoms with Crippen LogP contribution in [0.2, 0.25) is 0 Å². The first-order valence-corrected chi connectivity index (χ1v) is 6.61. The lowest BCUT2D eigenvalue weighted by molar-refractivity contribution is 0.101. The number of Topliss-reactive ketones (excluding diaryl/α,β-unsaturated/α-hetero) is 1. The number of halogens is 1. The Balaban J connectivity index is 2.10. The molecule has 0 aliphatic rings. The Labute approximate surface area is 118 Å². The fourth-order valence-electron chi connectivity index (χ4n) is 2.04. The molecule has 0 N–H and O–H groups in total. The molecule has 2 aromatic rings. The molecule has 0 atom stereocenters. The van der Waals surface area contributed by atoms with Gasteiger partial charge in [0.1, 0.15) is 18.2 Å². The zero-order chi connectivity index (χ0) is 14.5. The van der Waals surface area contributed by atoms with Crippen molar-refractivity contribution in [3.63, 3.8) is 0 Å². The number of aryl methyl sites for hydroxylation is 1. The summed E-state index contributed by atoms with van der Waals surface area (Å²) in [6.45, 7) is 3.95. The number of rotatable bonds is 5. The quantitative estimate of drug-likeness (QED) is 0.764. The summed E-state index contributed by atoms with van der Waals surface area (Å²) in [4.78, 5) is 11.5. The summed E-state index contributed by atoms with van der Waals surface area (Å²) in [5.74, 6) is 0.524. The van der Waals surface area contributed by atoms with Crippen LogP contribution in [0.15, 0.2) is 42.5 Å². The van der Waals surface area contributed by atoms with Gasteiger partial charge in [-0.3, -0.25) is 4.79 Å². The Kier molecular flexibility index (Phi) is 4.51. The predicted molar refractivity (Wildman–Crippen MR) is 76.6 cm³/mol. The standard InChI is InChI=1S/C17H17FO2/c1-3-14-10-16(8-9-17(14)12(2)19)20-11-13-4-6-15(18)7-5-13/h4-10H,3,11H2,1-2H3. The summed E-state index contributed by atoms with van der Waals surface area (Å²) in [5, 5.41) is 0. The monoisotopic (exact) mass is 272 g/mol. The highest BCUT2D eigenvalue weighted by molar-refractivity contribution is 5.95. The van der Waals surface area contributed by atoms with E-state index in [4.69, 9.17) is 4.74 Å². The van der Waals surface area contributed by atoms with E-state index in [1.165, 1.54) is 12.1 Å². The molecule has 104 valence electrons. The largest absolute Gasteiger partial charge is 0.489 e. The third-order valence-corrected chi connectivity index (χ3v) is 3.16. The number of carbonyl (C=O) groups is 1. The number of ether oxygens (including phenoxy) is 1. The Morgan fingerprint density at radius 3 is 2.45 bits per heavy atom. The lowest BCUT2D eigenvalue weighted by atomic mass is 10.0. The Morgan fingerprint density at radius 2 is 1.85 bits per heavy atom. The van der Waals surface area contributed by atoms with Gasteiger partial charge in [-0.1, -0.05) is 19.1 Å². The summed E-state index contributed by atoms with van der Waals surface area (Å²) in [6, 6.07) is 11.7. The van der Waals surface area contributed by atoms with E-state index in [0.29, 0.717) is 6.61 Å². The second kappa shape index (κ2) is 6.33. The molecule has 0 amide bonds. The number of hydrogen-bond donors (Lipinski definition) is 0. The minimum atomic E-state index is -0.257. The Hall–Kier alpha value is -2.16. The maximum atomic E-state index is 12.8. The number of hydrogen-bond acceptors (Lipinski definition) is 2. The summed E-state index contributed by atoms with van der Waals surface area (Å²) in [5.41, 5.74) is 2.62. The van der Waals surface area contributed by atoms with Crippen molar-refractivity contribution in [1.29, 1.82) is 0 Å². The smallest absolute Gasteiger partial charge is 0.160 e. The Bertz CT molecular complexity index is 603. The summed E-state index contributed by atoms with van der Waals surface area (Å²) in [7, 11) is 0. The van der Waals surface area contributed by atoms with Crippen LogP contribution in [-0.2, 0) is 13.0 Å². The second-order valence-electron chi connectivity index (χ2n) is 4.64. The predicted octanol–water partition coefficient (Wildman–Crippen LogP) is 4.17. The molecule has 0 bridgehead atoms. The van der Waals surface area contributed by atoms with E-state index in [1.807, 2.05) is 13.0 Å². The van der Waals surface area contributed by atoms with Gasteiger partial charge >= 0.3 is 0 Å². The molecule has 0 aliphatic heterocycles. The fourth-order valence-corrected chi connectivity index (χ4v) is 2.04. The molecule has 2 nitrogen and oxygen atoms in total. The number of carbonyl (C=O) groups excluding carboxylic acids is 1. The molecule has 0 unspecified atom stereocenters. The topological polar surface area (TPSA) is 26.3 Å². The molecular formula is C17H17FO2. The van der Waals surface area contributed by atoms with Gasteiger partial charge in [0, 0.05) is 5.56 Å². The molecule has 0 radical (unpaired) electrons. The first-order chi connectivity index (χ1) is 9.60. The van der Waals surface area contributed by atoms with Crippen LogP contribution in [0.3, 0.4) is 0 Å². The van der Waals surface area contributed by atoms with Gasteiger partial charge in [-0.05, 0) is 54.8 Å². The van der Waals surface area contributed by atoms with Crippen molar-refractivity contribution in [2.45, 2.75) is 26.9 Å². The van der Waals surface area contributed by atoms with Crippen molar-refractivity contribution in [2.75, 3.05) is 0 Å². The van der Waals surface area contributed by atoms with E-state index in [-0.39, 0.29) is 11.6 Å². The lowest BCUT2D eigenvalue weighted by Crippen LogP contribution is -2.01. The SMILES string of the molecule is CCc1cc(OCc2ccc(F)cc2)ccc1C(C)=O. The van der Waals surface area contributed by atoms with Crippen molar-refractivity contribution in [1.82, 2.24) is 0 Å². The van der Waals surface area contributed by atoms with Gasteiger partial charge in [-0.15, -0.1) is 0 Å². The maximum Gasteiger partial charge on any atom is 0.160 e. The zero-order valence-electron chi connectivity index (χ0n) is 11.7. The normalized spacial score (nSPS) is 10.3. The molecule has 0 aromatic heterocycles. The van der Waals surface area contributed by atoms with Crippen LogP contribution >= 0.6 is 0 Å². The van der Waals surface area contributed by atoms with E-state index in [1.54, 1.807) is 31.2 Å². The molecule has 0 saturated carbocycles. The summed E-state index contributed by atoms with van der Waals surface area (Å²) in [6.07, 6.45) is 0.780. The zero-order valence-corrected chi connectivity index (χ0v) is 11.7. The molecule has 3 heteroatoms. The molecule has 0 aliphatic carbocycles. The third kappa shape index (κ3) is 3.44. The van der Waals surface area contributed by atoms with Crippen molar-refractivity contribution < 1.29 is 13.9 Å². The molecule has 2 rings (SSSR count). The van der Waals surface area contributed by atoms with E-state index in [2.05, 4.69) is 0 Å². The van der Waals surface area contributed by atoms with E-state index in [9.17, 15) is 9.18 Å². The van der Waals surface area contributed by atoms with E-state index < -0.39 is 0 Å². The fraction of sp³-hybridized carbons (Fsp3) is 0.235. The van der Waals surface area contributed by atoms with Crippen LogP contribution in [0.25, 0.3) is 0 Å². The van der Waals surface area contributed by atoms with Crippen LogP contribution in [-0.4, -0.2) is 5.78 Å². The molecular weight excluding hydrogens is 255 g/mol. The van der Waals surface area contributed by atoms with E-state index in [0.717, 1.165) is 28.9 Å². The highest BCUT2D eigenvalue weighted by Crippen LogP contribution is 2.20. The van der Waals surface area contributed by atoms with Crippen LogP contribution in [0.4, 0.5) is 4.39 Å². The average Bonchev–Trinajstić information content (AvgIpc) is 2.46. The van der Waals surface area contributed by atoms with Crippen molar-refractivity contribution in [3.8, 4) is 5.75 Å². The first kappa shape index (κ1) is 14.3. The van der Waals surface area contributed by atoms with Gasteiger partial charge in [-0.2, -0.15) is 0 Å². The molecule has 0 spiro atoms. The van der Waals surface area contributed by atoms with Crippen molar-refractivity contribution in [2.24, 2.45) is 0 Å². The minimum Gasteiger partial charge on any atom is -0.489 e. The van der Waals surface area contributed by atoms with Gasteiger partial charge in [0.2, 0.25) is 0 Å². The van der Waals surface area contributed by atoms with Crippen LogP contribution < -0.4 is 4.74 Å². The summed E-state index contributed by atoms with van der Waals surface area (Å²) < 4.78 is 18.5. The Morgan fingerprint density at radius 1 is 1.15 bits per heavy atom. The second-order valence-corrected chi connectivity index (χ2v) is 4.64. The van der Waals surface area contributed by atoms with Crippen LogP contribution in [0, 0.1) is 5.82 Å². The van der Waals surface area contributed by atoms with Crippen molar-refractivity contribution in [3.05, 3.63) is 65.0 Å². The van der Waals surface area contributed by atoms with E-state index >= 15 is 0 Å². The average molecular weight is 272 g/mol.